The fraction of sp³-hybridized carbons (Fsp3) is 0.600. The Morgan fingerprint density at radius 2 is 1.86 bits per heavy atom. The summed E-state index contributed by atoms with van der Waals surface area (Å²) >= 11 is 0. The summed E-state index contributed by atoms with van der Waals surface area (Å²) in [5.41, 5.74) is 1.60. The molecule has 2 aromatic rings. The molecule has 1 N–H and O–H groups in total. The van der Waals surface area contributed by atoms with E-state index >= 15 is 0 Å². The van der Waals surface area contributed by atoms with Crippen molar-refractivity contribution in [1.29, 1.82) is 0 Å². The first kappa shape index (κ1) is 19.2. The van der Waals surface area contributed by atoms with Crippen LogP contribution in [0, 0.1) is 5.41 Å². The molecular formula is C20H25F3N4O. The third-order valence-corrected chi connectivity index (χ3v) is 5.33. The topological polar surface area (TPSA) is 52.0 Å². The quantitative estimate of drug-likeness (QED) is 0.767. The second-order valence-electron chi connectivity index (χ2n) is 9.21. The summed E-state index contributed by atoms with van der Waals surface area (Å²) in [5, 5.41) is 3.38. The molecule has 0 aromatic carbocycles. The summed E-state index contributed by atoms with van der Waals surface area (Å²) in [4.78, 5) is 8.40. The SMILES string of the molecule is CC(C)(C)OCC(C)(C)C1=C2CCC2n2c(nc3ccc(C(F)(F)F)nc32)N1. The van der Waals surface area contributed by atoms with Crippen molar-refractivity contribution in [3.63, 3.8) is 0 Å². The molecule has 0 saturated heterocycles. The zero-order valence-corrected chi connectivity index (χ0v) is 16.7. The number of pyridine rings is 1. The first-order valence-electron chi connectivity index (χ1n) is 9.47. The Kier molecular flexibility index (Phi) is 4.09. The molecule has 2 aromatic heterocycles. The lowest BCUT2D eigenvalue weighted by Gasteiger charge is -2.43. The van der Waals surface area contributed by atoms with Crippen LogP contribution in [0.3, 0.4) is 0 Å². The van der Waals surface area contributed by atoms with Crippen LogP contribution in [0.1, 0.15) is 59.2 Å². The van der Waals surface area contributed by atoms with E-state index in [1.807, 2.05) is 25.3 Å². The van der Waals surface area contributed by atoms with Crippen LogP contribution in [0.5, 0.6) is 0 Å². The molecule has 28 heavy (non-hydrogen) atoms. The van der Waals surface area contributed by atoms with Crippen molar-refractivity contribution < 1.29 is 17.9 Å². The molecule has 1 atom stereocenters. The van der Waals surface area contributed by atoms with E-state index in [1.54, 1.807) is 0 Å². The number of rotatable bonds is 3. The van der Waals surface area contributed by atoms with Gasteiger partial charge in [-0.2, -0.15) is 13.2 Å². The summed E-state index contributed by atoms with van der Waals surface area (Å²) in [7, 11) is 0. The number of imidazole rings is 1. The van der Waals surface area contributed by atoms with Gasteiger partial charge < -0.3 is 10.1 Å². The van der Waals surface area contributed by atoms with E-state index in [2.05, 4.69) is 29.1 Å². The highest BCUT2D eigenvalue weighted by Crippen LogP contribution is 2.50. The van der Waals surface area contributed by atoms with Crippen LogP contribution >= 0.6 is 0 Å². The van der Waals surface area contributed by atoms with E-state index in [-0.39, 0.29) is 22.7 Å². The number of halogens is 3. The molecule has 8 heteroatoms. The molecule has 1 aliphatic heterocycles. The van der Waals surface area contributed by atoms with Gasteiger partial charge in [-0.25, -0.2) is 9.97 Å². The molecule has 0 amide bonds. The van der Waals surface area contributed by atoms with Gasteiger partial charge in [0.05, 0.1) is 18.2 Å². The molecule has 1 fully saturated rings. The average molecular weight is 394 g/mol. The number of allylic oxidation sites excluding steroid dienone is 1. The van der Waals surface area contributed by atoms with Gasteiger partial charge in [-0.3, -0.25) is 4.57 Å². The molecule has 2 aliphatic rings. The van der Waals surface area contributed by atoms with Crippen molar-refractivity contribution in [3.05, 3.63) is 29.1 Å². The second kappa shape index (κ2) is 5.95. The molecule has 0 radical (unpaired) electrons. The Bertz CT molecular complexity index is 966. The Balaban J connectivity index is 1.73. The molecule has 3 heterocycles. The molecule has 1 saturated carbocycles. The number of hydrogen-bond acceptors (Lipinski definition) is 4. The number of nitrogens with zero attached hydrogens (tertiary/aromatic N) is 3. The lowest BCUT2D eigenvalue weighted by atomic mass is 9.75. The van der Waals surface area contributed by atoms with Crippen molar-refractivity contribution in [3.8, 4) is 0 Å². The summed E-state index contributed by atoms with van der Waals surface area (Å²) in [6.07, 6.45) is -2.70. The number of aromatic nitrogens is 3. The minimum atomic E-state index is -4.48. The summed E-state index contributed by atoms with van der Waals surface area (Å²) < 4.78 is 47.2. The predicted octanol–water partition coefficient (Wildman–Crippen LogP) is 5.31. The largest absolute Gasteiger partial charge is 0.433 e. The molecule has 1 aliphatic carbocycles. The minimum Gasteiger partial charge on any atom is -0.375 e. The van der Waals surface area contributed by atoms with Crippen molar-refractivity contribution in [2.75, 3.05) is 11.9 Å². The fourth-order valence-corrected chi connectivity index (χ4v) is 3.77. The lowest BCUT2D eigenvalue weighted by molar-refractivity contribution is -0.141. The molecule has 0 bridgehead atoms. The third kappa shape index (κ3) is 3.17. The molecule has 1 unspecified atom stereocenters. The highest BCUT2D eigenvalue weighted by Gasteiger charge is 2.42. The van der Waals surface area contributed by atoms with Crippen molar-refractivity contribution in [2.45, 2.75) is 65.3 Å². The Hall–Kier alpha value is -2.09. The standard InChI is InChI=1S/C20H25F3N4O/c1-18(2,3)28-10-19(4,5)15-11-6-8-13(11)27-16-12(24-17(27)26-15)7-9-14(25-16)20(21,22)23/h7,9,13H,6,8,10H2,1-5H3,(H,24,26). The van der Waals surface area contributed by atoms with Gasteiger partial charge in [0.2, 0.25) is 5.95 Å². The maximum atomic E-state index is 13.1. The summed E-state index contributed by atoms with van der Waals surface area (Å²) in [6, 6.07) is 2.38. The second-order valence-corrected chi connectivity index (χ2v) is 9.21. The van der Waals surface area contributed by atoms with E-state index < -0.39 is 11.9 Å². The number of nitrogens with one attached hydrogen (secondary N) is 1. The molecular weight excluding hydrogens is 369 g/mol. The van der Waals surface area contributed by atoms with Gasteiger partial charge in [-0.05, 0) is 51.3 Å². The van der Waals surface area contributed by atoms with Crippen molar-refractivity contribution >= 4 is 17.1 Å². The minimum absolute atomic E-state index is 0.00106. The highest BCUT2D eigenvalue weighted by atomic mass is 19.4. The summed E-state index contributed by atoms with van der Waals surface area (Å²) in [5.74, 6) is 0.550. The van der Waals surface area contributed by atoms with Crippen LogP contribution in [0.4, 0.5) is 19.1 Å². The Labute approximate surface area is 162 Å². The van der Waals surface area contributed by atoms with Crippen molar-refractivity contribution in [2.24, 2.45) is 5.41 Å². The van der Waals surface area contributed by atoms with Crippen molar-refractivity contribution in [1.82, 2.24) is 14.5 Å². The lowest BCUT2D eigenvalue weighted by Crippen LogP contribution is -2.39. The Morgan fingerprint density at radius 1 is 1.14 bits per heavy atom. The van der Waals surface area contributed by atoms with E-state index in [1.165, 1.54) is 11.6 Å². The normalized spacial score (nSPS) is 19.9. The van der Waals surface area contributed by atoms with E-state index in [0.29, 0.717) is 18.1 Å². The van der Waals surface area contributed by atoms with Crippen LogP contribution in [0.2, 0.25) is 0 Å². The van der Waals surface area contributed by atoms with Crippen LogP contribution in [0.15, 0.2) is 23.4 Å². The smallest absolute Gasteiger partial charge is 0.375 e. The number of anilines is 1. The van der Waals surface area contributed by atoms with Gasteiger partial charge in [-0.15, -0.1) is 0 Å². The average Bonchev–Trinajstić information content (AvgIpc) is 2.88. The van der Waals surface area contributed by atoms with Gasteiger partial charge in [0.1, 0.15) is 11.2 Å². The zero-order chi connectivity index (χ0) is 20.5. The molecule has 0 spiro atoms. The Morgan fingerprint density at radius 3 is 2.43 bits per heavy atom. The number of alkyl halides is 3. The van der Waals surface area contributed by atoms with E-state index in [4.69, 9.17) is 4.74 Å². The molecule has 152 valence electrons. The van der Waals surface area contributed by atoms with E-state index in [9.17, 15) is 13.2 Å². The van der Waals surface area contributed by atoms with Gasteiger partial charge in [0, 0.05) is 11.1 Å². The van der Waals surface area contributed by atoms with Gasteiger partial charge in [-0.1, -0.05) is 13.8 Å². The fourth-order valence-electron chi connectivity index (χ4n) is 3.77. The van der Waals surface area contributed by atoms with E-state index in [0.717, 1.165) is 24.6 Å². The number of ether oxygens (including phenoxy) is 1. The van der Waals surface area contributed by atoms with Crippen LogP contribution < -0.4 is 5.32 Å². The molecule has 4 rings (SSSR count). The van der Waals surface area contributed by atoms with Crippen LogP contribution in [0.25, 0.3) is 11.2 Å². The van der Waals surface area contributed by atoms with Crippen LogP contribution in [-0.2, 0) is 10.9 Å². The monoisotopic (exact) mass is 394 g/mol. The van der Waals surface area contributed by atoms with Gasteiger partial charge >= 0.3 is 6.18 Å². The zero-order valence-electron chi connectivity index (χ0n) is 16.7. The maximum absolute atomic E-state index is 13.1. The first-order chi connectivity index (χ1) is 12.9. The van der Waals surface area contributed by atoms with Gasteiger partial charge in [0.15, 0.2) is 5.65 Å². The van der Waals surface area contributed by atoms with Crippen LogP contribution in [-0.4, -0.2) is 26.7 Å². The predicted molar refractivity (Wildman–Crippen MR) is 101 cm³/mol. The maximum Gasteiger partial charge on any atom is 0.433 e. The number of hydrogen-bond donors (Lipinski definition) is 1. The highest BCUT2D eigenvalue weighted by molar-refractivity contribution is 5.77. The molecule has 5 nitrogen and oxygen atoms in total. The van der Waals surface area contributed by atoms with Gasteiger partial charge in [0.25, 0.3) is 0 Å². The first-order valence-corrected chi connectivity index (χ1v) is 9.47. The number of fused-ring (bicyclic) bond motifs is 5. The third-order valence-electron chi connectivity index (χ3n) is 5.33. The summed E-state index contributed by atoms with van der Waals surface area (Å²) in [6.45, 7) is 10.8.